The van der Waals surface area contributed by atoms with Gasteiger partial charge < -0.3 is 14.5 Å². The summed E-state index contributed by atoms with van der Waals surface area (Å²) in [5.41, 5.74) is 1.24. The smallest absolute Gasteiger partial charge is 0.193 e. The molecule has 2 heterocycles. The molecule has 0 spiro atoms. The number of carbonyl (C=O) groups is 1. The highest BCUT2D eigenvalue weighted by molar-refractivity contribution is 6.00. The molecule has 0 radical (unpaired) electrons. The number of nitrogens with zero attached hydrogens (tertiary/aromatic N) is 1. The Morgan fingerprint density at radius 3 is 2.72 bits per heavy atom. The Bertz CT molecular complexity index is 624. The summed E-state index contributed by atoms with van der Waals surface area (Å²) < 4.78 is 10.9. The molecule has 0 amide bonds. The van der Waals surface area contributed by atoms with Gasteiger partial charge in [0.2, 0.25) is 0 Å². The van der Waals surface area contributed by atoms with E-state index in [1.165, 1.54) is 0 Å². The Kier molecular flexibility index (Phi) is 2.41. The van der Waals surface area contributed by atoms with E-state index in [1.807, 2.05) is 18.2 Å². The molecule has 0 bridgehead atoms. The highest BCUT2D eigenvalue weighted by Crippen LogP contribution is 2.34. The zero-order valence-electron chi connectivity index (χ0n) is 9.53. The van der Waals surface area contributed by atoms with Gasteiger partial charge in [-0.1, -0.05) is 0 Å². The molecule has 5 nitrogen and oxygen atoms in total. The number of carbonyl (C=O) groups excluding carboxylic acids is 1. The van der Waals surface area contributed by atoms with E-state index in [2.05, 4.69) is 4.98 Å². The van der Waals surface area contributed by atoms with E-state index in [9.17, 15) is 4.79 Å². The molecule has 3 rings (SSSR count). The third kappa shape index (κ3) is 1.68. The molecule has 0 aliphatic carbocycles. The molecule has 0 saturated heterocycles. The van der Waals surface area contributed by atoms with E-state index in [0.29, 0.717) is 30.4 Å². The fourth-order valence-corrected chi connectivity index (χ4v) is 1.99. The monoisotopic (exact) mass is 242 g/mol. The predicted octanol–water partition coefficient (Wildman–Crippen LogP) is 2.04. The SMILES string of the molecule is N#CCC(=O)c1cc2cc3c(cc2[nH]1)OCCO3. The Balaban J connectivity index is 2.07. The van der Waals surface area contributed by atoms with Crippen molar-refractivity contribution in [3.8, 4) is 17.6 Å². The van der Waals surface area contributed by atoms with Crippen molar-refractivity contribution < 1.29 is 14.3 Å². The minimum Gasteiger partial charge on any atom is -0.486 e. The number of nitrogens with one attached hydrogen (secondary N) is 1. The zero-order chi connectivity index (χ0) is 12.5. The fraction of sp³-hybridized carbons (Fsp3) is 0.231. The van der Waals surface area contributed by atoms with Crippen LogP contribution in [-0.2, 0) is 0 Å². The maximum absolute atomic E-state index is 11.6. The third-order valence-corrected chi connectivity index (χ3v) is 2.82. The van der Waals surface area contributed by atoms with E-state index in [1.54, 1.807) is 6.07 Å². The van der Waals surface area contributed by atoms with Crippen molar-refractivity contribution in [1.29, 1.82) is 5.26 Å². The average Bonchev–Trinajstić information content (AvgIpc) is 2.79. The molecular formula is C13H10N2O3. The summed E-state index contributed by atoms with van der Waals surface area (Å²) in [6.07, 6.45) is -0.125. The van der Waals surface area contributed by atoms with Gasteiger partial charge in [-0.25, -0.2) is 0 Å². The van der Waals surface area contributed by atoms with E-state index < -0.39 is 0 Å². The zero-order valence-corrected chi connectivity index (χ0v) is 9.53. The topological polar surface area (TPSA) is 75.1 Å². The van der Waals surface area contributed by atoms with Crippen LogP contribution in [0.3, 0.4) is 0 Å². The minimum absolute atomic E-state index is 0.125. The van der Waals surface area contributed by atoms with Gasteiger partial charge in [-0.15, -0.1) is 0 Å². The van der Waals surface area contributed by atoms with Crippen molar-refractivity contribution in [2.75, 3.05) is 13.2 Å². The average molecular weight is 242 g/mol. The lowest BCUT2D eigenvalue weighted by Gasteiger charge is -2.17. The number of ketones is 1. The van der Waals surface area contributed by atoms with E-state index in [-0.39, 0.29) is 12.2 Å². The molecule has 1 aliphatic rings. The van der Waals surface area contributed by atoms with Gasteiger partial charge in [0.1, 0.15) is 19.6 Å². The van der Waals surface area contributed by atoms with Gasteiger partial charge in [0, 0.05) is 17.0 Å². The highest BCUT2D eigenvalue weighted by atomic mass is 16.6. The quantitative estimate of drug-likeness (QED) is 0.817. The Morgan fingerprint density at radius 1 is 1.28 bits per heavy atom. The predicted molar refractivity (Wildman–Crippen MR) is 63.8 cm³/mol. The van der Waals surface area contributed by atoms with Crippen molar-refractivity contribution in [1.82, 2.24) is 4.98 Å². The van der Waals surface area contributed by atoms with Crippen LogP contribution >= 0.6 is 0 Å². The number of aromatic nitrogens is 1. The number of hydrogen-bond acceptors (Lipinski definition) is 4. The number of H-pyrrole nitrogens is 1. The number of benzene rings is 1. The largest absolute Gasteiger partial charge is 0.486 e. The van der Waals surface area contributed by atoms with Gasteiger partial charge in [0.25, 0.3) is 0 Å². The number of rotatable bonds is 2. The number of fused-ring (bicyclic) bond motifs is 2. The second kappa shape index (κ2) is 4.08. The van der Waals surface area contributed by atoms with Crippen LogP contribution < -0.4 is 9.47 Å². The summed E-state index contributed by atoms with van der Waals surface area (Å²) >= 11 is 0. The summed E-state index contributed by atoms with van der Waals surface area (Å²) in [5, 5.41) is 9.40. The van der Waals surface area contributed by atoms with Crippen LogP contribution in [0.5, 0.6) is 11.5 Å². The first-order valence-electron chi connectivity index (χ1n) is 5.60. The number of ether oxygens (including phenoxy) is 2. The molecule has 1 aromatic heterocycles. The second-order valence-corrected chi connectivity index (χ2v) is 4.02. The minimum atomic E-state index is -0.214. The molecule has 1 aliphatic heterocycles. The van der Waals surface area contributed by atoms with Crippen molar-refractivity contribution in [2.45, 2.75) is 6.42 Å². The number of Topliss-reactive ketones (excluding diaryl/α,β-unsaturated/α-hetero) is 1. The molecule has 1 N–H and O–H groups in total. The molecule has 18 heavy (non-hydrogen) atoms. The van der Waals surface area contributed by atoms with E-state index >= 15 is 0 Å². The summed E-state index contributed by atoms with van der Waals surface area (Å²) in [7, 11) is 0. The summed E-state index contributed by atoms with van der Waals surface area (Å²) in [5.74, 6) is 1.15. The van der Waals surface area contributed by atoms with Crippen LogP contribution in [0.25, 0.3) is 10.9 Å². The van der Waals surface area contributed by atoms with Crippen molar-refractivity contribution in [3.63, 3.8) is 0 Å². The van der Waals surface area contributed by atoms with E-state index in [4.69, 9.17) is 14.7 Å². The van der Waals surface area contributed by atoms with E-state index in [0.717, 1.165) is 10.9 Å². The fourth-order valence-electron chi connectivity index (χ4n) is 1.99. The van der Waals surface area contributed by atoms with Gasteiger partial charge >= 0.3 is 0 Å². The van der Waals surface area contributed by atoms with Gasteiger partial charge in [0.15, 0.2) is 17.3 Å². The standard InChI is InChI=1S/C13H10N2O3/c14-2-1-11(16)10-5-8-6-12-13(7-9(8)15-10)18-4-3-17-12/h5-7,15H,1,3-4H2. The molecule has 0 saturated carbocycles. The van der Waals surface area contributed by atoms with Crippen LogP contribution in [0.2, 0.25) is 0 Å². The number of aromatic amines is 1. The van der Waals surface area contributed by atoms with Gasteiger partial charge in [0.05, 0.1) is 11.8 Å². The Labute approximate surface area is 103 Å². The lowest BCUT2D eigenvalue weighted by molar-refractivity contribution is 0.0994. The summed E-state index contributed by atoms with van der Waals surface area (Å²) in [6.45, 7) is 1.06. The normalized spacial score (nSPS) is 13.3. The van der Waals surface area contributed by atoms with Gasteiger partial charge in [-0.2, -0.15) is 5.26 Å². The van der Waals surface area contributed by atoms with Crippen molar-refractivity contribution in [2.24, 2.45) is 0 Å². The molecule has 0 fully saturated rings. The molecule has 0 atom stereocenters. The van der Waals surface area contributed by atoms with Crippen LogP contribution in [0.15, 0.2) is 18.2 Å². The second-order valence-electron chi connectivity index (χ2n) is 4.02. The van der Waals surface area contributed by atoms with Crippen LogP contribution in [0, 0.1) is 11.3 Å². The molecule has 90 valence electrons. The molecule has 1 aromatic carbocycles. The van der Waals surface area contributed by atoms with Crippen LogP contribution in [0.4, 0.5) is 0 Å². The Morgan fingerprint density at radius 2 is 2.00 bits per heavy atom. The maximum atomic E-state index is 11.6. The molecule has 5 heteroatoms. The summed E-state index contributed by atoms with van der Waals surface area (Å²) in [4.78, 5) is 14.6. The van der Waals surface area contributed by atoms with Gasteiger partial charge in [-0.05, 0) is 12.1 Å². The number of hydrogen-bond donors (Lipinski definition) is 1. The van der Waals surface area contributed by atoms with Crippen molar-refractivity contribution in [3.05, 3.63) is 23.9 Å². The summed E-state index contributed by atoms with van der Waals surface area (Å²) in [6, 6.07) is 7.23. The Hall–Kier alpha value is -2.48. The first-order valence-corrected chi connectivity index (χ1v) is 5.60. The van der Waals surface area contributed by atoms with Crippen LogP contribution in [-0.4, -0.2) is 24.0 Å². The first-order chi connectivity index (χ1) is 8.78. The van der Waals surface area contributed by atoms with Gasteiger partial charge in [-0.3, -0.25) is 4.79 Å². The molecule has 2 aromatic rings. The molecule has 0 unspecified atom stereocenters. The maximum Gasteiger partial charge on any atom is 0.193 e. The first kappa shape index (κ1) is 10.7. The van der Waals surface area contributed by atoms with Crippen molar-refractivity contribution >= 4 is 16.7 Å². The molecular weight excluding hydrogens is 232 g/mol. The third-order valence-electron chi connectivity index (χ3n) is 2.82. The highest BCUT2D eigenvalue weighted by Gasteiger charge is 2.15. The lowest BCUT2D eigenvalue weighted by Crippen LogP contribution is -2.15. The lowest BCUT2D eigenvalue weighted by atomic mass is 10.2. The van der Waals surface area contributed by atoms with Crippen LogP contribution in [0.1, 0.15) is 16.9 Å². The number of nitriles is 1.